The molecule has 2 aliphatic rings. The van der Waals surface area contributed by atoms with Crippen molar-refractivity contribution < 1.29 is 19.1 Å². The minimum atomic E-state index is -0.250. The van der Waals surface area contributed by atoms with Crippen molar-refractivity contribution in [3.63, 3.8) is 0 Å². The molecule has 1 atom stereocenters. The molecule has 1 N–H and O–H groups in total. The second-order valence-corrected chi connectivity index (χ2v) is 7.82. The molecule has 2 heterocycles. The van der Waals surface area contributed by atoms with Crippen molar-refractivity contribution in [1.29, 1.82) is 0 Å². The van der Waals surface area contributed by atoms with Gasteiger partial charge in [0.25, 0.3) is 11.8 Å². The molecule has 0 aliphatic carbocycles. The van der Waals surface area contributed by atoms with Crippen LogP contribution in [0.3, 0.4) is 0 Å². The van der Waals surface area contributed by atoms with Gasteiger partial charge in [0, 0.05) is 25.3 Å². The molecule has 30 heavy (non-hydrogen) atoms. The van der Waals surface area contributed by atoms with Crippen LogP contribution in [0.4, 0.5) is 5.69 Å². The molecule has 1 unspecified atom stereocenters. The van der Waals surface area contributed by atoms with Gasteiger partial charge < -0.3 is 19.7 Å². The molecule has 6 nitrogen and oxygen atoms in total. The lowest BCUT2D eigenvalue weighted by Crippen LogP contribution is -2.36. The van der Waals surface area contributed by atoms with Crippen LogP contribution in [0.2, 0.25) is 0 Å². The Bertz CT molecular complexity index is 869. The molecule has 2 amide bonds. The molecule has 2 aromatic carbocycles. The average Bonchev–Trinajstić information content (AvgIpc) is 3.32. The van der Waals surface area contributed by atoms with Gasteiger partial charge in [-0.1, -0.05) is 12.1 Å². The molecule has 158 valence electrons. The first kappa shape index (κ1) is 20.4. The Morgan fingerprint density at radius 3 is 2.50 bits per heavy atom. The van der Waals surface area contributed by atoms with E-state index < -0.39 is 0 Å². The summed E-state index contributed by atoms with van der Waals surface area (Å²) in [6, 6.07) is 14.2. The highest BCUT2D eigenvalue weighted by Gasteiger charge is 2.21. The number of likely N-dealkylation sites (tertiary alicyclic amines) is 1. The number of benzene rings is 2. The number of hydrogen-bond donors (Lipinski definition) is 1. The number of nitrogens with one attached hydrogen (secondary N) is 1. The maximum atomic E-state index is 12.9. The molecule has 2 aliphatic heterocycles. The van der Waals surface area contributed by atoms with E-state index in [0.717, 1.165) is 51.8 Å². The standard InChI is InChI=1S/C24H28N2O4/c27-23(18-10-12-19(13-11-18)30-17-20-7-6-16-29-20)25-22-9-3-2-8-21(22)24(28)26-14-4-1-5-15-26/h2-3,8-13,20H,1,4-7,14-17H2,(H,25,27). The summed E-state index contributed by atoms with van der Waals surface area (Å²) in [5.41, 5.74) is 1.58. The van der Waals surface area contributed by atoms with Gasteiger partial charge in [0.2, 0.25) is 0 Å². The minimum Gasteiger partial charge on any atom is -0.491 e. The van der Waals surface area contributed by atoms with Gasteiger partial charge in [0.05, 0.1) is 17.4 Å². The van der Waals surface area contributed by atoms with Gasteiger partial charge in [-0.3, -0.25) is 9.59 Å². The van der Waals surface area contributed by atoms with Crippen molar-refractivity contribution in [2.45, 2.75) is 38.2 Å². The van der Waals surface area contributed by atoms with Crippen molar-refractivity contribution in [3.8, 4) is 5.75 Å². The maximum Gasteiger partial charge on any atom is 0.255 e. The van der Waals surface area contributed by atoms with E-state index in [4.69, 9.17) is 9.47 Å². The third-order valence-electron chi connectivity index (χ3n) is 5.63. The van der Waals surface area contributed by atoms with Crippen LogP contribution in [0.15, 0.2) is 48.5 Å². The summed E-state index contributed by atoms with van der Waals surface area (Å²) in [6.45, 7) is 2.87. The zero-order chi connectivity index (χ0) is 20.8. The zero-order valence-corrected chi connectivity index (χ0v) is 17.1. The Morgan fingerprint density at radius 2 is 1.77 bits per heavy atom. The number of para-hydroxylation sites is 1. The topological polar surface area (TPSA) is 67.9 Å². The number of rotatable bonds is 6. The molecular weight excluding hydrogens is 380 g/mol. The van der Waals surface area contributed by atoms with Crippen LogP contribution in [0.1, 0.15) is 52.8 Å². The van der Waals surface area contributed by atoms with Crippen LogP contribution in [-0.2, 0) is 4.74 Å². The number of ether oxygens (including phenoxy) is 2. The van der Waals surface area contributed by atoms with Gasteiger partial charge in [0.1, 0.15) is 12.4 Å². The Balaban J connectivity index is 1.39. The highest BCUT2D eigenvalue weighted by molar-refractivity contribution is 6.09. The molecule has 0 aromatic heterocycles. The van der Waals surface area contributed by atoms with Gasteiger partial charge in [0.15, 0.2) is 0 Å². The second-order valence-electron chi connectivity index (χ2n) is 7.82. The van der Waals surface area contributed by atoms with Crippen molar-refractivity contribution in [2.24, 2.45) is 0 Å². The number of carbonyl (C=O) groups is 2. The monoisotopic (exact) mass is 408 g/mol. The van der Waals surface area contributed by atoms with Crippen LogP contribution < -0.4 is 10.1 Å². The Morgan fingerprint density at radius 1 is 1.00 bits per heavy atom. The summed E-state index contributed by atoms with van der Waals surface area (Å²) in [5.74, 6) is 0.436. The number of nitrogens with zero attached hydrogens (tertiary/aromatic N) is 1. The molecular formula is C24H28N2O4. The van der Waals surface area contributed by atoms with Crippen molar-refractivity contribution in [2.75, 3.05) is 31.6 Å². The molecule has 0 saturated carbocycles. The van der Waals surface area contributed by atoms with Crippen molar-refractivity contribution in [3.05, 3.63) is 59.7 Å². The second kappa shape index (κ2) is 9.76. The molecule has 4 rings (SSSR count). The largest absolute Gasteiger partial charge is 0.491 e. The van der Waals surface area contributed by atoms with Crippen LogP contribution in [0.25, 0.3) is 0 Å². The lowest BCUT2D eigenvalue weighted by Gasteiger charge is -2.27. The summed E-state index contributed by atoms with van der Waals surface area (Å²) in [6.07, 6.45) is 5.48. The number of carbonyl (C=O) groups excluding carboxylic acids is 2. The summed E-state index contributed by atoms with van der Waals surface area (Å²) in [5, 5.41) is 2.90. The molecule has 0 spiro atoms. The number of piperidine rings is 1. The van der Waals surface area contributed by atoms with E-state index in [0.29, 0.717) is 29.2 Å². The molecule has 6 heteroatoms. The summed E-state index contributed by atoms with van der Waals surface area (Å²) in [4.78, 5) is 27.5. The SMILES string of the molecule is O=C(Nc1ccccc1C(=O)N1CCCCC1)c1ccc(OCC2CCCO2)cc1. The third-order valence-corrected chi connectivity index (χ3v) is 5.63. The summed E-state index contributed by atoms with van der Waals surface area (Å²) in [7, 11) is 0. The van der Waals surface area contributed by atoms with Crippen LogP contribution >= 0.6 is 0 Å². The molecule has 2 aromatic rings. The lowest BCUT2D eigenvalue weighted by atomic mass is 10.1. The minimum absolute atomic E-state index is 0.0246. The van der Waals surface area contributed by atoms with Crippen LogP contribution in [-0.4, -0.2) is 49.1 Å². The Kier molecular flexibility index (Phi) is 6.64. The van der Waals surface area contributed by atoms with Crippen LogP contribution in [0, 0.1) is 0 Å². The van der Waals surface area contributed by atoms with Crippen LogP contribution in [0.5, 0.6) is 5.75 Å². The van der Waals surface area contributed by atoms with Gasteiger partial charge in [-0.05, 0) is 68.5 Å². The fraction of sp³-hybridized carbons (Fsp3) is 0.417. The predicted octanol–water partition coefficient (Wildman–Crippen LogP) is 4.12. The van der Waals surface area contributed by atoms with E-state index in [9.17, 15) is 9.59 Å². The highest BCUT2D eigenvalue weighted by Crippen LogP contribution is 2.22. The molecule has 0 bridgehead atoms. The number of amides is 2. The Hall–Kier alpha value is -2.86. The quantitative estimate of drug-likeness (QED) is 0.781. The first-order valence-corrected chi connectivity index (χ1v) is 10.7. The first-order valence-electron chi connectivity index (χ1n) is 10.7. The van der Waals surface area contributed by atoms with E-state index in [-0.39, 0.29) is 17.9 Å². The number of hydrogen-bond acceptors (Lipinski definition) is 4. The van der Waals surface area contributed by atoms with E-state index in [1.807, 2.05) is 17.0 Å². The molecule has 2 fully saturated rings. The van der Waals surface area contributed by atoms with Gasteiger partial charge >= 0.3 is 0 Å². The van der Waals surface area contributed by atoms with Crippen molar-refractivity contribution >= 4 is 17.5 Å². The van der Waals surface area contributed by atoms with E-state index in [1.54, 1.807) is 36.4 Å². The van der Waals surface area contributed by atoms with Gasteiger partial charge in [-0.25, -0.2) is 0 Å². The molecule has 0 radical (unpaired) electrons. The van der Waals surface area contributed by atoms with E-state index >= 15 is 0 Å². The smallest absolute Gasteiger partial charge is 0.255 e. The predicted molar refractivity (Wildman–Crippen MR) is 115 cm³/mol. The van der Waals surface area contributed by atoms with Gasteiger partial charge in [-0.2, -0.15) is 0 Å². The highest BCUT2D eigenvalue weighted by atomic mass is 16.5. The fourth-order valence-corrected chi connectivity index (χ4v) is 3.91. The van der Waals surface area contributed by atoms with E-state index in [1.165, 1.54) is 0 Å². The molecule has 2 saturated heterocycles. The van der Waals surface area contributed by atoms with Crippen molar-refractivity contribution in [1.82, 2.24) is 4.90 Å². The zero-order valence-electron chi connectivity index (χ0n) is 17.1. The fourth-order valence-electron chi connectivity index (χ4n) is 3.91. The summed E-state index contributed by atoms with van der Waals surface area (Å²) >= 11 is 0. The lowest BCUT2D eigenvalue weighted by molar-refractivity contribution is 0.0679. The number of anilines is 1. The average molecular weight is 408 g/mol. The first-order chi connectivity index (χ1) is 14.7. The van der Waals surface area contributed by atoms with E-state index in [2.05, 4.69) is 5.32 Å². The Labute approximate surface area is 177 Å². The van der Waals surface area contributed by atoms with Gasteiger partial charge in [-0.15, -0.1) is 0 Å². The third kappa shape index (κ3) is 5.00. The maximum absolute atomic E-state index is 12.9. The summed E-state index contributed by atoms with van der Waals surface area (Å²) < 4.78 is 11.3. The normalized spacial score (nSPS) is 18.8.